The lowest BCUT2D eigenvalue weighted by Gasteiger charge is -2.39. The van der Waals surface area contributed by atoms with Crippen LogP contribution in [0.3, 0.4) is 0 Å². The minimum absolute atomic E-state index is 0.123. The number of aromatic nitrogens is 1. The highest BCUT2D eigenvalue weighted by atomic mass is 16.2. The third-order valence-electron chi connectivity index (χ3n) is 7.29. The van der Waals surface area contributed by atoms with E-state index in [9.17, 15) is 19.2 Å². The van der Waals surface area contributed by atoms with Gasteiger partial charge in [0.05, 0.1) is 23.6 Å². The maximum absolute atomic E-state index is 13.2. The van der Waals surface area contributed by atoms with Crippen LogP contribution >= 0.6 is 0 Å². The zero-order valence-electron chi connectivity index (χ0n) is 19.5. The van der Waals surface area contributed by atoms with Crippen LogP contribution in [0.15, 0.2) is 36.5 Å². The molecule has 0 bridgehead atoms. The van der Waals surface area contributed by atoms with E-state index in [4.69, 9.17) is 0 Å². The molecule has 0 radical (unpaired) electrons. The van der Waals surface area contributed by atoms with Crippen LogP contribution in [-0.4, -0.2) is 57.3 Å². The molecule has 1 atom stereocenters. The highest BCUT2D eigenvalue weighted by Gasteiger charge is 2.45. The third-order valence-corrected chi connectivity index (χ3v) is 7.29. The molecule has 176 valence electrons. The molecule has 1 saturated heterocycles. The van der Waals surface area contributed by atoms with Crippen LogP contribution in [0.5, 0.6) is 0 Å². The first-order valence-corrected chi connectivity index (χ1v) is 12.1. The zero-order chi connectivity index (χ0) is 23.8. The van der Waals surface area contributed by atoms with Gasteiger partial charge in [-0.15, -0.1) is 0 Å². The maximum atomic E-state index is 13.2. The lowest BCUT2D eigenvalue weighted by atomic mass is 9.90. The molecule has 2 amide bonds. The topological polar surface area (TPSA) is 87.7 Å². The van der Waals surface area contributed by atoms with E-state index in [-0.39, 0.29) is 36.7 Å². The van der Waals surface area contributed by atoms with Crippen molar-refractivity contribution in [2.45, 2.75) is 58.0 Å². The normalized spacial score (nSPS) is 21.2. The Morgan fingerprint density at radius 2 is 1.85 bits per heavy atom. The van der Waals surface area contributed by atoms with Gasteiger partial charge < -0.3 is 0 Å². The fourth-order valence-electron chi connectivity index (χ4n) is 5.36. The molecule has 3 aliphatic rings. The Labute approximate surface area is 199 Å². The van der Waals surface area contributed by atoms with Gasteiger partial charge in [-0.05, 0) is 54.9 Å². The molecule has 0 spiro atoms. The molecule has 1 aromatic carbocycles. The van der Waals surface area contributed by atoms with Gasteiger partial charge >= 0.3 is 0 Å². The Hall–Kier alpha value is -3.19. The van der Waals surface area contributed by atoms with Gasteiger partial charge in [-0.25, -0.2) is 0 Å². The van der Waals surface area contributed by atoms with Crippen molar-refractivity contribution in [2.75, 3.05) is 13.1 Å². The molecule has 7 nitrogen and oxygen atoms in total. The van der Waals surface area contributed by atoms with Gasteiger partial charge in [-0.1, -0.05) is 25.1 Å². The Morgan fingerprint density at radius 1 is 1.03 bits per heavy atom. The molecule has 1 unspecified atom stereocenters. The third kappa shape index (κ3) is 4.20. The second kappa shape index (κ2) is 9.22. The van der Waals surface area contributed by atoms with Gasteiger partial charge in [0.25, 0.3) is 11.8 Å². The largest absolute Gasteiger partial charge is 0.299 e. The minimum atomic E-state index is -0.820. The second-order valence-corrected chi connectivity index (χ2v) is 9.67. The number of hydrogen-bond acceptors (Lipinski definition) is 6. The molecular weight excluding hydrogens is 430 g/mol. The first-order valence-electron chi connectivity index (χ1n) is 12.1. The first kappa shape index (κ1) is 22.6. The Balaban J connectivity index is 1.20. The number of carbonyl (C=O) groups is 4. The fourth-order valence-corrected chi connectivity index (χ4v) is 5.36. The van der Waals surface area contributed by atoms with Gasteiger partial charge in [0.1, 0.15) is 5.78 Å². The Bertz CT molecular complexity index is 1150. The van der Waals surface area contributed by atoms with Gasteiger partial charge in [0.15, 0.2) is 5.78 Å². The van der Waals surface area contributed by atoms with Crippen molar-refractivity contribution in [3.05, 3.63) is 64.5 Å². The van der Waals surface area contributed by atoms with Gasteiger partial charge in [-0.3, -0.25) is 34.0 Å². The minimum Gasteiger partial charge on any atom is -0.299 e. The van der Waals surface area contributed by atoms with Gasteiger partial charge in [0.2, 0.25) is 0 Å². The van der Waals surface area contributed by atoms with E-state index in [0.29, 0.717) is 17.0 Å². The number of fused-ring (bicyclic) bond motifs is 1. The highest BCUT2D eigenvalue weighted by Crippen LogP contribution is 2.32. The van der Waals surface area contributed by atoms with E-state index >= 15 is 0 Å². The molecule has 3 heterocycles. The molecule has 2 fully saturated rings. The highest BCUT2D eigenvalue weighted by molar-refractivity contribution is 6.24. The van der Waals surface area contributed by atoms with Crippen LogP contribution in [0.25, 0.3) is 0 Å². The fraction of sp³-hybridized carbons (Fsp3) is 0.444. The molecular formula is C27H29N3O4. The molecule has 1 saturated carbocycles. The van der Waals surface area contributed by atoms with Crippen LogP contribution in [0, 0.1) is 5.92 Å². The van der Waals surface area contributed by atoms with Crippen LogP contribution in [0.4, 0.5) is 0 Å². The van der Waals surface area contributed by atoms with Crippen molar-refractivity contribution in [1.29, 1.82) is 0 Å². The SMILES string of the molecule is CCc1ccc(CN2CC(CCc3cccc4c3C(=O)N(C3CCC(=O)CC3=O)C4=O)C2)cn1. The van der Waals surface area contributed by atoms with E-state index in [0.717, 1.165) is 55.1 Å². The average Bonchev–Trinajstić information content (AvgIpc) is 3.06. The summed E-state index contributed by atoms with van der Waals surface area (Å²) in [6.45, 7) is 5.01. The summed E-state index contributed by atoms with van der Waals surface area (Å²) in [7, 11) is 0. The molecule has 1 aliphatic carbocycles. The molecule has 1 aromatic heterocycles. The summed E-state index contributed by atoms with van der Waals surface area (Å²) >= 11 is 0. The van der Waals surface area contributed by atoms with Gasteiger partial charge in [-0.2, -0.15) is 0 Å². The molecule has 2 aliphatic heterocycles. The molecule has 2 aromatic rings. The van der Waals surface area contributed by atoms with Crippen molar-refractivity contribution in [2.24, 2.45) is 5.92 Å². The quantitative estimate of drug-likeness (QED) is 0.467. The summed E-state index contributed by atoms with van der Waals surface area (Å²) in [5.41, 5.74) is 4.02. The van der Waals surface area contributed by atoms with E-state index in [1.165, 1.54) is 5.56 Å². The zero-order valence-corrected chi connectivity index (χ0v) is 19.5. The number of hydrogen-bond donors (Lipinski definition) is 0. The standard InChI is InChI=1S/C27H29N3O4/c1-2-20-9-7-17(13-28-20)14-29-15-18(16-29)6-8-19-4-3-5-22-25(19)27(34)30(26(22)33)23-11-10-21(31)12-24(23)32/h3-5,7,9,13,18,23H,2,6,8,10-12,14-16H2,1H3. The number of Topliss-reactive ketones (excluding diaryl/α,β-unsaturated/α-hetero) is 2. The van der Waals surface area contributed by atoms with E-state index in [1.807, 2.05) is 18.3 Å². The average molecular weight is 460 g/mol. The number of carbonyl (C=O) groups excluding carboxylic acids is 4. The molecule has 0 N–H and O–H groups in total. The van der Waals surface area contributed by atoms with E-state index < -0.39 is 11.9 Å². The van der Waals surface area contributed by atoms with Crippen LogP contribution < -0.4 is 0 Å². The molecule has 7 heteroatoms. The van der Waals surface area contributed by atoms with E-state index in [2.05, 4.69) is 28.9 Å². The van der Waals surface area contributed by atoms with Crippen LogP contribution in [0.1, 0.15) is 70.1 Å². The number of aryl methyl sites for hydroxylation is 2. The Kier molecular flexibility index (Phi) is 6.13. The van der Waals surface area contributed by atoms with Crippen molar-refractivity contribution >= 4 is 23.4 Å². The smallest absolute Gasteiger partial charge is 0.262 e. The number of benzene rings is 1. The van der Waals surface area contributed by atoms with Gasteiger partial charge in [0, 0.05) is 37.9 Å². The molecule has 34 heavy (non-hydrogen) atoms. The number of amides is 2. The number of likely N-dealkylation sites (tertiary alicyclic amines) is 1. The summed E-state index contributed by atoms with van der Waals surface area (Å²) in [4.78, 5) is 58.2. The van der Waals surface area contributed by atoms with Crippen LogP contribution in [-0.2, 0) is 29.0 Å². The number of imide groups is 1. The van der Waals surface area contributed by atoms with Crippen LogP contribution in [0.2, 0.25) is 0 Å². The van der Waals surface area contributed by atoms with Crippen molar-refractivity contribution in [3.63, 3.8) is 0 Å². The monoisotopic (exact) mass is 459 g/mol. The van der Waals surface area contributed by atoms with Crippen molar-refractivity contribution < 1.29 is 19.2 Å². The Morgan fingerprint density at radius 3 is 2.56 bits per heavy atom. The summed E-state index contributed by atoms with van der Waals surface area (Å²) in [6.07, 6.45) is 4.83. The number of rotatable bonds is 7. The summed E-state index contributed by atoms with van der Waals surface area (Å²) < 4.78 is 0. The lowest BCUT2D eigenvalue weighted by Crippen LogP contribution is -2.47. The predicted octanol–water partition coefficient (Wildman–Crippen LogP) is 3.00. The molecule has 5 rings (SSSR count). The first-order chi connectivity index (χ1) is 16.4. The number of pyridine rings is 1. The van der Waals surface area contributed by atoms with Crippen molar-refractivity contribution in [3.8, 4) is 0 Å². The number of nitrogens with zero attached hydrogens (tertiary/aromatic N) is 3. The maximum Gasteiger partial charge on any atom is 0.262 e. The lowest BCUT2D eigenvalue weighted by molar-refractivity contribution is -0.132. The second-order valence-electron chi connectivity index (χ2n) is 9.67. The van der Waals surface area contributed by atoms with E-state index in [1.54, 1.807) is 6.07 Å². The summed E-state index contributed by atoms with van der Waals surface area (Å²) in [5.74, 6) is -0.703. The summed E-state index contributed by atoms with van der Waals surface area (Å²) in [6, 6.07) is 8.81. The predicted molar refractivity (Wildman–Crippen MR) is 125 cm³/mol. The summed E-state index contributed by atoms with van der Waals surface area (Å²) in [5, 5.41) is 0. The number of ketones is 2. The van der Waals surface area contributed by atoms with Crippen molar-refractivity contribution in [1.82, 2.24) is 14.8 Å².